The van der Waals surface area contributed by atoms with Crippen LogP contribution in [0.4, 0.5) is 0 Å². The SMILES string of the molecule is O=S(=O)(O)C(S)(Cc1ccccc1)c1ccc(Cl)cc1. The summed E-state index contributed by atoms with van der Waals surface area (Å²) < 4.78 is 31.5. The van der Waals surface area contributed by atoms with E-state index in [9.17, 15) is 13.0 Å². The van der Waals surface area contributed by atoms with Gasteiger partial charge in [-0.1, -0.05) is 54.1 Å². The van der Waals surface area contributed by atoms with Crippen LogP contribution in [0.25, 0.3) is 0 Å². The lowest BCUT2D eigenvalue weighted by Crippen LogP contribution is -2.32. The second-order valence-corrected chi connectivity index (χ2v) is 7.58. The predicted octanol–water partition coefficient (Wildman–Crippen LogP) is 3.55. The largest absolute Gasteiger partial charge is 0.284 e. The Hall–Kier alpha value is -1.01. The third-order valence-corrected chi connectivity index (χ3v) is 5.60. The van der Waals surface area contributed by atoms with Crippen LogP contribution < -0.4 is 0 Å². The third kappa shape index (κ3) is 3.17. The average Bonchev–Trinajstić information content (AvgIpc) is 2.39. The van der Waals surface area contributed by atoms with Crippen LogP contribution in [-0.2, 0) is 20.6 Å². The van der Waals surface area contributed by atoms with E-state index in [1.54, 1.807) is 48.5 Å². The fourth-order valence-electron chi connectivity index (χ4n) is 1.93. The molecule has 0 spiro atoms. The van der Waals surface area contributed by atoms with Gasteiger partial charge in [-0.15, -0.1) is 12.6 Å². The first kappa shape index (κ1) is 15.4. The molecule has 20 heavy (non-hydrogen) atoms. The van der Waals surface area contributed by atoms with Gasteiger partial charge in [0.1, 0.15) is 0 Å². The van der Waals surface area contributed by atoms with E-state index in [-0.39, 0.29) is 6.42 Å². The maximum absolute atomic E-state index is 11.8. The molecule has 0 aliphatic heterocycles. The van der Waals surface area contributed by atoms with Gasteiger partial charge in [-0.2, -0.15) is 8.42 Å². The molecule has 106 valence electrons. The maximum atomic E-state index is 11.8. The van der Waals surface area contributed by atoms with Gasteiger partial charge in [0, 0.05) is 11.4 Å². The minimum atomic E-state index is -4.41. The topological polar surface area (TPSA) is 54.4 Å². The lowest BCUT2D eigenvalue weighted by Gasteiger charge is -2.26. The van der Waals surface area contributed by atoms with Crippen molar-refractivity contribution in [3.8, 4) is 0 Å². The molecule has 1 unspecified atom stereocenters. The van der Waals surface area contributed by atoms with Crippen LogP contribution in [0.15, 0.2) is 54.6 Å². The predicted molar refractivity (Wildman–Crippen MR) is 83.8 cm³/mol. The highest BCUT2D eigenvalue weighted by molar-refractivity contribution is 8.02. The highest BCUT2D eigenvalue weighted by Gasteiger charge is 2.41. The summed E-state index contributed by atoms with van der Waals surface area (Å²) in [6, 6.07) is 15.2. The molecule has 0 aliphatic carbocycles. The van der Waals surface area contributed by atoms with Gasteiger partial charge in [0.25, 0.3) is 10.1 Å². The van der Waals surface area contributed by atoms with Gasteiger partial charge < -0.3 is 0 Å². The van der Waals surface area contributed by atoms with Crippen LogP contribution >= 0.6 is 24.2 Å². The summed E-state index contributed by atoms with van der Waals surface area (Å²) >= 11 is 10.1. The van der Waals surface area contributed by atoms with Gasteiger partial charge in [-0.25, -0.2) is 0 Å². The summed E-state index contributed by atoms with van der Waals surface area (Å²) in [5.74, 6) is 0. The Kier molecular flexibility index (Phi) is 4.44. The van der Waals surface area contributed by atoms with E-state index in [2.05, 4.69) is 12.6 Å². The van der Waals surface area contributed by atoms with Crippen molar-refractivity contribution in [3.05, 3.63) is 70.7 Å². The molecule has 2 aromatic carbocycles. The Morgan fingerprint density at radius 1 is 1.05 bits per heavy atom. The van der Waals surface area contributed by atoms with E-state index in [0.717, 1.165) is 5.56 Å². The van der Waals surface area contributed by atoms with Crippen LogP contribution in [0, 0.1) is 0 Å². The minimum absolute atomic E-state index is 0.0530. The Morgan fingerprint density at radius 2 is 1.60 bits per heavy atom. The molecule has 0 amide bonds. The summed E-state index contributed by atoms with van der Waals surface area (Å²) in [6.45, 7) is 0. The van der Waals surface area contributed by atoms with E-state index in [1.165, 1.54) is 0 Å². The molecule has 0 saturated heterocycles. The summed E-state index contributed by atoms with van der Waals surface area (Å²) in [5, 5.41) is 0.486. The molecule has 6 heteroatoms. The zero-order valence-electron chi connectivity index (χ0n) is 10.4. The fraction of sp³-hybridized carbons (Fsp3) is 0.143. The summed E-state index contributed by atoms with van der Waals surface area (Å²) in [4.78, 5) is 0. The van der Waals surface area contributed by atoms with Crippen LogP contribution in [0.1, 0.15) is 11.1 Å². The number of rotatable bonds is 4. The van der Waals surface area contributed by atoms with Gasteiger partial charge in [-0.05, 0) is 23.3 Å². The molecule has 0 bridgehead atoms. The molecular weight excluding hydrogens is 316 g/mol. The number of hydrogen-bond acceptors (Lipinski definition) is 3. The van der Waals surface area contributed by atoms with Crippen molar-refractivity contribution in [1.29, 1.82) is 0 Å². The monoisotopic (exact) mass is 328 g/mol. The van der Waals surface area contributed by atoms with E-state index in [0.29, 0.717) is 10.6 Å². The van der Waals surface area contributed by atoms with Gasteiger partial charge in [0.05, 0.1) is 0 Å². The molecule has 2 rings (SSSR count). The molecular formula is C14H13ClO3S2. The standard InChI is InChI=1S/C14H13ClO3S2/c15-13-8-6-12(7-9-13)14(19,20(16,17)18)10-11-4-2-1-3-5-11/h1-9,19H,10H2,(H,16,17,18). The first-order valence-corrected chi connectivity index (χ1v) is 8.09. The maximum Gasteiger partial charge on any atom is 0.284 e. The number of benzene rings is 2. The lowest BCUT2D eigenvalue weighted by atomic mass is 10.0. The number of thiol groups is 1. The Balaban J connectivity index is 2.49. The van der Waals surface area contributed by atoms with Crippen molar-refractivity contribution in [2.75, 3.05) is 0 Å². The van der Waals surface area contributed by atoms with Crippen LogP contribution in [-0.4, -0.2) is 13.0 Å². The zero-order chi connectivity index (χ0) is 14.8. The number of hydrogen-bond donors (Lipinski definition) is 2. The van der Waals surface area contributed by atoms with Gasteiger partial charge in [0.15, 0.2) is 4.08 Å². The van der Waals surface area contributed by atoms with Crippen LogP contribution in [0.3, 0.4) is 0 Å². The van der Waals surface area contributed by atoms with Crippen molar-refractivity contribution < 1.29 is 13.0 Å². The molecule has 0 aliphatic rings. The number of halogens is 1. The summed E-state index contributed by atoms with van der Waals surface area (Å²) in [6.07, 6.45) is 0.0530. The first-order chi connectivity index (χ1) is 9.33. The molecule has 1 N–H and O–H groups in total. The van der Waals surface area contributed by atoms with E-state index < -0.39 is 14.2 Å². The molecule has 1 atom stereocenters. The summed E-state index contributed by atoms with van der Waals surface area (Å²) in [7, 11) is -4.41. The van der Waals surface area contributed by atoms with Gasteiger partial charge >= 0.3 is 0 Å². The highest BCUT2D eigenvalue weighted by atomic mass is 35.5. The molecule has 0 saturated carbocycles. The molecule has 0 aromatic heterocycles. The third-order valence-electron chi connectivity index (χ3n) is 3.01. The molecule has 0 radical (unpaired) electrons. The van der Waals surface area contributed by atoms with Crippen LogP contribution in [0.2, 0.25) is 5.02 Å². The molecule has 0 fully saturated rings. The van der Waals surface area contributed by atoms with E-state index >= 15 is 0 Å². The van der Waals surface area contributed by atoms with Crippen molar-refractivity contribution in [1.82, 2.24) is 0 Å². The fourth-order valence-corrected chi connectivity index (χ4v) is 3.17. The van der Waals surface area contributed by atoms with Crippen molar-refractivity contribution >= 4 is 34.3 Å². The van der Waals surface area contributed by atoms with E-state index in [4.69, 9.17) is 11.6 Å². The molecule has 2 aromatic rings. The smallest absolute Gasteiger partial charge is 0.284 e. The molecule has 0 heterocycles. The molecule has 3 nitrogen and oxygen atoms in total. The average molecular weight is 329 g/mol. The minimum Gasteiger partial charge on any atom is -0.284 e. The Labute approximate surface area is 128 Å². The first-order valence-electron chi connectivity index (χ1n) is 5.82. The van der Waals surface area contributed by atoms with Crippen molar-refractivity contribution in [3.63, 3.8) is 0 Å². The second kappa shape index (κ2) is 5.77. The Morgan fingerprint density at radius 3 is 2.10 bits per heavy atom. The zero-order valence-corrected chi connectivity index (χ0v) is 12.9. The van der Waals surface area contributed by atoms with E-state index in [1.807, 2.05) is 6.07 Å². The van der Waals surface area contributed by atoms with Gasteiger partial charge in [0.2, 0.25) is 0 Å². The highest BCUT2D eigenvalue weighted by Crippen LogP contribution is 2.38. The van der Waals surface area contributed by atoms with Crippen molar-refractivity contribution in [2.45, 2.75) is 10.5 Å². The van der Waals surface area contributed by atoms with Gasteiger partial charge in [-0.3, -0.25) is 4.55 Å². The lowest BCUT2D eigenvalue weighted by molar-refractivity contribution is 0.461. The quantitative estimate of drug-likeness (QED) is 0.666. The van der Waals surface area contributed by atoms with Crippen LogP contribution in [0.5, 0.6) is 0 Å². The Bertz CT molecular complexity index is 684. The second-order valence-electron chi connectivity index (χ2n) is 4.43. The summed E-state index contributed by atoms with van der Waals surface area (Å²) in [5.41, 5.74) is 1.13. The van der Waals surface area contributed by atoms with Crippen molar-refractivity contribution in [2.24, 2.45) is 0 Å². The normalized spacial score (nSPS) is 14.8.